The molecule has 0 aliphatic carbocycles. The first-order valence-electron chi connectivity index (χ1n) is 7.31. The van der Waals surface area contributed by atoms with Crippen molar-refractivity contribution in [3.8, 4) is 0 Å². The molecule has 0 saturated carbocycles. The maximum Gasteiger partial charge on any atom is 0.416 e. The monoisotopic (exact) mass is 388 g/mol. The van der Waals surface area contributed by atoms with E-state index in [0.29, 0.717) is 5.92 Å². The van der Waals surface area contributed by atoms with Crippen molar-refractivity contribution in [3.63, 3.8) is 0 Å². The standard InChI is InChI=1S/C16H18F6S2/c1-14(2,3)12-7-23-13(24-8-12)9-4-10(15(17,18)19)6-11(5-9)16(20,21)22/h4-6,12-13H,7-8H2,1-3H3/t12-,13-. The Bertz CT molecular complexity index is 545. The van der Waals surface area contributed by atoms with Crippen LogP contribution < -0.4 is 0 Å². The predicted molar refractivity (Wildman–Crippen MR) is 87.0 cm³/mol. The van der Waals surface area contributed by atoms with Gasteiger partial charge in [0.15, 0.2) is 0 Å². The molecule has 1 saturated heterocycles. The Morgan fingerprint density at radius 1 is 0.792 bits per heavy atom. The molecule has 2 rings (SSSR count). The summed E-state index contributed by atoms with van der Waals surface area (Å²) in [6.45, 7) is 6.27. The van der Waals surface area contributed by atoms with Gasteiger partial charge in [0.05, 0.1) is 15.7 Å². The topological polar surface area (TPSA) is 0 Å². The Hall–Kier alpha value is -0.500. The van der Waals surface area contributed by atoms with Gasteiger partial charge in [-0.3, -0.25) is 0 Å². The van der Waals surface area contributed by atoms with Crippen LogP contribution in [-0.4, -0.2) is 11.5 Å². The van der Waals surface area contributed by atoms with E-state index >= 15 is 0 Å². The van der Waals surface area contributed by atoms with Crippen molar-refractivity contribution < 1.29 is 26.3 Å². The van der Waals surface area contributed by atoms with Crippen molar-refractivity contribution in [2.45, 2.75) is 37.7 Å². The molecule has 0 bridgehead atoms. The normalized spacial score (nSPS) is 23.4. The van der Waals surface area contributed by atoms with Gasteiger partial charge in [-0.05, 0) is 46.6 Å². The molecule has 24 heavy (non-hydrogen) atoms. The summed E-state index contributed by atoms with van der Waals surface area (Å²) in [4.78, 5) is 0. The van der Waals surface area contributed by atoms with E-state index in [2.05, 4.69) is 20.8 Å². The zero-order valence-corrected chi connectivity index (χ0v) is 15.0. The summed E-state index contributed by atoms with van der Waals surface area (Å²) < 4.78 is 77.2. The number of halogens is 6. The summed E-state index contributed by atoms with van der Waals surface area (Å²) in [5.74, 6) is 1.81. The van der Waals surface area contributed by atoms with E-state index in [1.165, 1.54) is 23.5 Å². The summed E-state index contributed by atoms with van der Waals surface area (Å²) in [5, 5.41) is 0. The van der Waals surface area contributed by atoms with Crippen molar-refractivity contribution in [1.82, 2.24) is 0 Å². The van der Waals surface area contributed by atoms with Crippen LogP contribution in [0.5, 0.6) is 0 Å². The average molecular weight is 388 g/mol. The summed E-state index contributed by atoms with van der Waals surface area (Å²) in [5.41, 5.74) is -2.34. The lowest BCUT2D eigenvalue weighted by Gasteiger charge is -2.36. The summed E-state index contributed by atoms with van der Waals surface area (Å²) in [6.07, 6.45) is -9.60. The van der Waals surface area contributed by atoms with Gasteiger partial charge in [0, 0.05) is 0 Å². The van der Waals surface area contributed by atoms with Crippen LogP contribution in [-0.2, 0) is 12.4 Å². The van der Waals surface area contributed by atoms with Crippen LogP contribution in [0.1, 0.15) is 42.0 Å². The molecule has 8 heteroatoms. The number of rotatable bonds is 1. The fourth-order valence-electron chi connectivity index (χ4n) is 2.31. The van der Waals surface area contributed by atoms with E-state index in [9.17, 15) is 26.3 Å². The summed E-state index contributed by atoms with van der Waals surface area (Å²) in [7, 11) is 0. The molecule has 1 fully saturated rings. The maximum atomic E-state index is 12.9. The van der Waals surface area contributed by atoms with Crippen LogP contribution in [0, 0.1) is 11.3 Å². The van der Waals surface area contributed by atoms with E-state index in [-0.39, 0.29) is 17.0 Å². The van der Waals surface area contributed by atoms with Gasteiger partial charge in [-0.1, -0.05) is 20.8 Å². The molecule has 0 unspecified atom stereocenters. The molecule has 0 atom stereocenters. The van der Waals surface area contributed by atoms with E-state index in [0.717, 1.165) is 23.6 Å². The molecular formula is C16H18F6S2. The third-order valence-electron chi connectivity index (χ3n) is 4.00. The number of alkyl halides is 6. The molecular weight excluding hydrogens is 370 g/mol. The van der Waals surface area contributed by atoms with Gasteiger partial charge in [0.2, 0.25) is 0 Å². The third-order valence-corrected chi connectivity index (χ3v) is 7.16. The molecule has 0 spiro atoms. The van der Waals surface area contributed by atoms with Crippen LogP contribution in [0.4, 0.5) is 26.3 Å². The smallest absolute Gasteiger partial charge is 0.166 e. The predicted octanol–water partition coefficient (Wildman–Crippen LogP) is 6.87. The fourth-order valence-corrected chi connectivity index (χ4v) is 6.02. The van der Waals surface area contributed by atoms with Crippen LogP contribution in [0.3, 0.4) is 0 Å². The minimum Gasteiger partial charge on any atom is -0.166 e. The van der Waals surface area contributed by atoms with Gasteiger partial charge in [0.25, 0.3) is 0 Å². The van der Waals surface area contributed by atoms with Gasteiger partial charge in [-0.2, -0.15) is 26.3 Å². The van der Waals surface area contributed by atoms with Crippen LogP contribution in [0.25, 0.3) is 0 Å². The molecule has 1 aliphatic rings. The second-order valence-corrected chi connectivity index (χ2v) is 9.48. The highest BCUT2D eigenvalue weighted by Crippen LogP contribution is 2.50. The first-order chi connectivity index (χ1) is 10.8. The van der Waals surface area contributed by atoms with Crippen molar-refractivity contribution >= 4 is 23.5 Å². The SMILES string of the molecule is CC(C)(C)[C@H]1CS[C@H](c2cc(C(F)(F)F)cc(C(F)(F)F)c2)SC1. The first kappa shape index (κ1) is 19.8. The molecule has 0 aromatic heterocycles. The molecule has 0 nitrogen and oxygen atoms in total. The number of hydrogen-bond acceptors (Lipinski definition) is 2. The van der Waals surface area contributed by atoms with E-state index < -0.39 is 28.1 Å². The summed E-state index contributed by atoms with van der Waals surface area (Å²) in [6, 6.07) is 1.87. The second-order valence-electron chi connectivity index (χ2n) is 6.90. The first-order valence-corrected chi connectivity index (χ1v) is 9.41. The summed E-state index contributed by atoms with van der Waals surface area (Å²) >= 11 is 2.84. The molecule has 0 radical (unpaired) electrons. The minimum atomic E-state index is -4.80. The van der Waals surface area contributed by atoms with Crippen molar-refractivity contribution in [3.05, 3.63) is 34.9 Å². The minimum absolute atomic E-state index is 0.0654. The van der Waals surface area contributed by atoms with Gasteiger partial charge >= 0.3 is 12.4 Å². The van der Waals surface area contributed by atoms with Crippen LogP contribution >= 0.6 is 23.5 Å². The maximum absolute atomic E-state index is 12.9. The Labute approximate surface area is 145 Å². The lowest BCUT2D eigenvalue weighted by atomic mass is 9.83. The molecule has 0 N–H and O–H groups in total. The number of benzene rings is 1. The molecule has 1 aromatic carbocycles. The highest BCUT2D eigenvalue weighted by Gasteiger charge is 2.38. The van der Waals surface area contributed by atoms with Crippen LogP contribution in [0.15, 0.2) is 18.2 Å². The van der Waals surface area contributed by atoms with Gasteiger partial charge in [-0.15, -0.1) is 23.5 Å². The highest BCUT2D eigenvalue weighted by atomic mass is 32.2. The van der Waals surface area contributed by atoms with E-state index in [4.69, 9.17) is 0 Å². The molecule has 1 aliphatic heterocycles. The zero-order valence-electron chi connectivity index (χ0n) is 13.4. The average Bonchev–Trinajstić information content (AvgIpc) is 2.44. The largest absolute Gasteiger partial charge is 0.416 e. The Balaban J connectivity index is 2.31. The third kappa shape index (κ3) is 4.77. The fraction of sp³-hybridized carbons (Fsp3) is 0.625. The molecule has 1 heterocycles. The lowest BCUT2D eigenvalue weighted by molar-refractivity contribution is -0.143. The second kappa shape index (κ2) is 6.67. The van der Waals surface area contributed by atoms with E-state index in [1.54, 1.807) is 0 Å². The molecule has 136 valence electrons. The number of hydrogen-bond donors (Lipinski definition) is 0. The highest BCUT2D eigenvalue weighted by molar-refractivity contribution is 8.16. The Morgan fingerprint density at radius 3 is 1.54 bits per heavy atom. The van der Waals surface area contributed by atoms with Crippen molar-refractivity contribution in [2.75, 3.05) is 11.5 Å². The van der Waals surface area contributed by atoms with Gasteiger partial charge < -0.3 is 0 Å². The van der Waals surface area contributed by atoms with Crippen molar-refractivity contribution in [2.24, 2.45) is 11.3 Å². The lowest BCUT2D eigenvalue weighted by Crippen LogP contribution is -2.28. The van der Waals surface area contributed by atoms with Crippen molar-refractivity contribution in [1.29, 1.82) is 0 Å². The Morgan fingerprint density at radius 2 is 1.21 bits per heavy atom. The number of thioether (sulfide) groups is 2. The van der Waals surface area contributed by atoms with Gasteiger partial charge in [-0.25, -0.2) is 0 Å². The Kier molecular flexibility index (Phi) is 5.50. The van der Waals surface area contributed by atoms with E-state index in [1.807, 2.05) is 0 Å². The zero-order chi connectivity index (χ0) is 18.3. The molecule has 0 amide bonds. The molecule has 1 aromatic rings. The van der Waals surface area contributed by atoms with Gasteiger partial charge in [0.1, 0.15) is 0 Å². The van der Waals surface area contributed by atoms with Crippen LogP contribution in [0.2, 0.25) is 0 Å². The quantitative estimate of drug-likeness (QED) is 0.482.